The molecule has 0 aromatic carbocycles. The molecule has 1 aliphatic rings. The van der Waals surface area contributed by atoms with E-state index < -0.39 is 0 Å². The molecule has 0 bridgehead atoms. The lowest BCUT2D eigenvalue weighted by Gasteiger charge is -2.27. The summed E-state index contributed by atoms with van der Waals surface area (Å²) in [6.07, 6.45) is 2.08. The van der Waals surface area contributed by atoms with Gasteiger partial charge in [0.15, 0.2) is 0 Å². The zero-order chi connectivity index (χ0) is 14.5. The highest BCUT2D eigenvalue weighted by atomic mass is 127. The fourth-order valence-corrected chi connectivity index (χ4v) is 5.65. The average Bonchev–Trinajstić information content (AvgIpc) is 2.47. The van der Waals surface area contributed by atoms with Crippen molar-refractivity contribution >= 4 is 51.9 Å². The third-order valence-electron chi connectivity index (χ3n) is 3.26. The number of rotatable bonds is 5. The lowest BCUT2D eigenvalue weighted by Crippen LogP contribution is -2.20. The van der Waals surface area contributed by atoms with Gasteiger partial charge in [0.1, 0.15) is 11.6 Å². The molecule has 112 valence electrons. The molecule has 1 saturated heterocycles. The van der Waals surface area contributed by atoms with Crippen molar-refractivity contribution in [1.29, 1.82) is 0 Å². The molecule has 0 saturated carbocycles. The highest BCUT2D eigenvalue weighted by Crippen LogP contribution is 2.41. The summed E-state index contributed by atoms with van der Waals surface area (Å²) in [7, 11) is 0. The molecule has 1 aromatic rings. The molecule has 1 N–H and O–H groups in total. The summed E-state index contributed by atoms with van der Waals surface area (Å²) < 4.78 is 1.18. The van der Waals surface area contributed by atoms with Crippen molar-refractivity contribution in [2.24, 2.45) is 0 Å². The molecular weight excluding hydrogens is 401 g/mol. The van der Waals surface area contributed by atoms with Crippen LogP contribution in [0.2, 0.25) is 0 Å². The number of hydrogen-bond acceptors (Lipinski definition) is 5. The van der Waals surface area contributed by atoms with E-state index in [-0.39, 0.29) is 0 Å². The Labute approximate surface area is 144 Å². The second-order valence-corrected chi connectivity index (χ2v) is 8.65. The summed E-state index contributed by atoms with van der Waals surface area (Å²) in [5, 5.41) is 4.48. The first kappa shape index (κ1) is 16.7. The summed E-state index contributed by atoms with van der Waals surface area (Å²) in [4.78, 5) is 9.67. The van der Waals surface area contributed by atoms with Crippen LogP contribution in [-0.4, -0.2) is 33.3 Å². The maximum absolute atomic E-state index is 4.84. The monoisotopic (exact) mass is 423 g/mol. The van der Waals surface area contributed by atoms with Crippen LogP contribution in [0.4, 0.5) is 5.82 Å². The molecule has 2 heterocycles. The molecule has 1 aliphatic heterocycles. The van der Waals surface area contributed by atoms with Gasteiger partial charge in [-0.25, -0.2) is 9.97 Å². The first-order valence-corrected chi connectivity index (χ1v) is 10.4. The number of hydrogen-bond donors (Lipinski definition) is 1. The van der Waals surface area contributed by atoms with Gasteiger partial charge in [-0.2, -0.15) is 11.8 Å². The molecule has 0 spiro atoms. The van der Waals surface area contributed by atoms with Crippen LogP contribution in [0.1, 0.15) is 44.0 Å². The van der Waals surface area contributed by atoms with E-state index in [1.807, 2.05) is 23.5 Å². The van der Waals surface area contributed by atoms with Gasteiger partial charge in [0.05, 0.1) is 14.5 Å². The second kappa shape index (κ2) is 8.08. The van der Waals surface area contributed by atoms with Gasteiger partial charge in [-0.05, 0) is 35.4 Å². The lowest BCUT2D eigenvalue weighted by atomic mass is 10.2. The Balaban J connectivity index is 2.32. The van der Waals surface area contributed by atoms with Gasteiger partial charge in [-0.15, -0.1) is 11.8 Å². The number of aryl methyl sites for hydroxylation is 1. The number of nitrogens with zero attached hydrogens (tertiary/aromatic N) is 2. The number of aromatic nitrogens is 2. The fraction of sp³-hybridized carbons (Fsp3) is 0.714. The van der Waals surface area contributed by atoms with E-state index in [0.717, 1.165) is 31.0 Å². The van der Waals surface area contributed by atoms with Gasteiger partial charge in [-0.1, -0.05) is 20.8 Å². The number of halogens is 1. The van der Waals surface area contributed by atoms with E-state index >= 15 is 0 Å². The standard InChI is InChI=1S/C14H22IN3S2/c1-4-6-16-13-11(15)10(5-2)17-14(18-13)12-9(3)19-7-8-20-12/h9,12H,4-8H2,1-3H3,(H,16,17,18). The van der Waals surface area contributed by atoms with Crippen molar-refractivity contribution in [2.75, 3.05) is 23.4 Å². The smallest absolute Gasteiger partial charge is 0.145 e. The van der Waals surface area contributed by atoms with E-state index in [1.165, 1.54) is 20.8 Å². The Morgan fingerprint density at radius 2 is 2.00 bits per heavy atom. The third kappa shape index (κ3) is 3.94. The number of thioether (sulfide) groups is 2. The molecule has 20 heavy (non-hydrogen) atoms. The van der Waals surface area contributed by atoms with Crippen molar-refractivity contribution in [3.05, 3.63) is 15.1 Å². The highest BCUT2D eigenvalue weighted by Gasteiger charge is 2.27. The zero-order valence-electron chi connectivity index (χ0n) is 12.3. The van der Waals surface area contributed by atoms with Gasteiger partial charge in [0.2, 0.25) is 0 Å². The SMILES string of the molecule is CCCNc1nc(C2SCCSC2C)nc(CC)c1I. The summed E-state index contributed by atoms with van der Waals surface area (Å²) in [5.74, 6) is 4.49. The molecule has 6 heteroatoms. The Morgan fingerprint density at radius 3 is 2.65 bits per heavy atom. The minimum Gasteiger partial charge on any atom is -0.369 e. The molecule has 1 fully saturated rings. The van der Waals surface area contributed by atoms with Gasteiger partial charge in [0, 0.05) is 23.3 Å². The maximum Gasteiger partial charge on any atom is 0.145 e. The fourth-order valence-electron chi connectivity index (χ4n) is 2.15. The summed E-state index contributed by atoms with van der Waals surface area (Å²) in [6, 6.07) is 0. The molecule has 1 aromatic heterocycles. The van der Waals surface area contributed by atoms with Crippen LogP contribution < -0.4 is 5.32 Å². The van der Waals surface area contributed by atoms with Crippen LogP contribution in [0.25, 0.3) is 0 Å². The van der Waals surface area contributed by atoms with Crippen LogP contribution in [0, 0.1) is 3.57 Å². The summed E-state index contributed by atoms with van der Waals surface area (Å²) >= 11 is 6.42. The predicted octanol–water partition coefficient (Wildman–Crippen LogP) is 4.38. The molecule has 0 amide bonds. The number of anilines is 1. The van der Waals surface area contributed by atoms with Gasteiger partial charge in [0.25, 0.3) is 0 Å². The Bertz CT molecular complexity index is 456. The van der Waals surface area contributed by atoms with Gasteiger partial charge in [-0.3, -0.25) is 0 Å². The van der Waals surface area contributed by atoms with Gasteiger partial charge < -0.3 is 5.32 Å². The normalized spacial score (nSPS) is 22.8. The van der Waals surface area contributed by atoms with Crippen molar-refractivity contribution < 1.29 is 0 Å². The van der Waals surface area contributed by atoms with Crippen LogP contribution in [0.15, 0.2) is 0 Å². The van der Waals surface area contributed by atoms with E-state index in [1.54, 1.807) is 0 Å². The van der Waals surface area contributed by atoms with Crippen LogP contribution in [0.3, 0.4) is 0 Å². The molecule has 0 aliphatic carbocycles. The maximum atomic E-state index is 4.84. The molecule has 2 atom stereocenters. The third-order valence-corrected chi connectivity index (χ3v) is 7.48. The molecule has 3 nitrogen and oxygen atoms in total. The molecular formula is C14H22IN3S2. The van der Waals surface area contributed by atoms with Crippen molar-refractivity contribution in [2.45, 2.75) is 44.1 Å². The van der Waals surface area contributed by atoms with E-state index in [2.05, 4.69) is 48.7 Å². The van der Waals surface area contributed by atoms with Crippen molar-refractivity contribution in [1.82, 2.24) is 9.97 Å². The Kier molecular flexibility index (Phi) is 6.74. The van der Waals surface area contributed by atoms with E-state index in [0.29, 0.717) is 10.5 Å². The largest absolute Gasteiger partial charge is 0.369 e. The molecule has 0 radical (unpaired) electrons. The topological polar surface area (TPSA) is 37.8 Å². The first-order chi connectivity index (χ1) is 9.67. The zero-order valence-corrected chi connectivity index (χ0v) is 16.1. The van der Waals surface area contributed by atoms with Gasteiger partial charge >= 0.3 is 0 Å². The summed E-state index contributed by atoms with van der Waals surface area (Å²) in [5.41, 5.74) is 1.18. The average molecular weight is 423 g/mol. The first-order valence-electron chi connectivity index (χ1n) is 7.20. The molecule has 2 rings (SSSR count). The number of nitrogens with one attached hydrogen (secondary N) is 1. The van der Waals surface area contributed by atoms with Crippen LogP contribution in [-0.2, 0) is 6.42 Å². The lowest BCUT2D eigenvalue weighted by molar-refractivity contribution is 0.798. The van der Waals surface area contributed by atoms with Crippen molar-refractivity contribution in [3.63, 3.8) is 0 Å². The van der Waals surface area contributed by atoms with E-state index in [4.69, 9.17) is 9.97 Å². The highest BCUT2D eigenvalue weighted by molar-refractivity contribution is 14.1. The quantitative estimate of drug-likeness (QED) is 0.712. The Hall–Kier alpha value is 0.310. The minimum absolute atomic E-state index is 0.429. The van der Waals surface area contributed by atoms with Crippen LogP contribution in [0.5, 0.6) is 0 Å². The van der Waals surface area contributed by atoms with Crippen LogP contribution >= 0.6 is 46.1 Å². The van der Waals surface area contributed by atoms with Crippen molar-refractivity contribution in [3.8, 4) is 0 Å². The molecule has 2 unspecified atom stereocenters. The summed E-state index contributed by atoms with van der Waals surface area (Å²) in [6.45, 7) is 7.62. The predicted molar refractivity (Wildman–Crippen MR) is 100 cm³/mol. The minimum atomic E-state index is 0.429. The Morgan fingerprint density at radius 1 is 1.25 bits per heavy atom. The van der Waals surface area contributed by atoms with E-state index in [9.17, 15) is 0 Å². The second-order valence-electron chi connectivity index (χ2n) is 4.84.